The van der Waals surface area contributed by atoms with Crippen molar-refractivity contribution in [2.45, 2.75) is 38.3 Å². The number of benzene rings is 2. The van der Waals surface area contributed by atoms with Gasteiger partial charge in [0.05, 0.1) is 12.7 Å². The number of ether oxygens (including phenoxy) is 2. The van der Waals surface area contributed by atoms with Crippen LogP contribution in [0.2, 0.25) is 0 Å². The Morgan fingerprint density at radius 3 is 2.28 bits per heavy atom. The van der Waals surface area contributed by atoms with Gasteiger partial charge in [0, 0.05) is 13.1 Å². The van der Waals surface area contributed by atoms with Crippen LogP contribution in [0.4, 0.5) is 18.0 Å². The first-order chi connectivity index (χ1) is 16.6. The summed E-state index contributed by atoms with van der Waals surface area (Å²) in [6.07, 6.45) is 1.68. The summed E-state index contributed by atoms with van der Waals surface area (Å²) in [5.74, 6) is -0.914. The van der Waals surface area contributed by atoms with Crippen LogP contribution >= 0.6 is 0 Å². The lowest BCUT2D eigenvalue weighted by atomic mass is 9.92. The molecule has 0 spiro atoms. The summed E-state index contributed by atoms with van der Waals surface area (Å²) in [7, 11) is -4.73. The summed E-state index contributed by atoms with van der Waals surface area (Å²) < 4.78 is 73.5. The largest absolute Gasteiger partial charge is 0.526 e. The van der Waals surface area contributed by atoms with Crippen LogP contribution in [0.1, 0.15) is 43.1 Å². The molecule has 1 amide bonds. The zero-order chi connectivity index (χ0) is 26.9. The van der Waals surface area contributed by atoms with Crippen LogP contribution in [0, 0.1) is 0 Å². The summed E-state index contributed by atoms with van der Waals surface area (Å²) in [6.45, 7) is 5.83. The minimum absolute atomic E-state index is 0.231. The van der Waals surface area contributed by atoms with Crippen molar-refractivity contribution in [2.24, 2.45) is 0 Å². The van der Waals surface area contributed by atoms with Crippen molar-refractivity contribution in [2.75, 3.05) is 20.2 Å². The number of alkyl halides is 3. The zero-order valence-corrected chi connectivity index (χ0v) is 20.7. The number of hydrogen-bond donors (Lipinski definition) is 0. The van der Waals surface area contributed by atoms with Crippen molar-refractivity contribution in [3.63, 3.8) is 0 Å². The standard InChI is InChI=1S/C23H24F3NO8S/c1-22(2,3)33-21(29)27-9-7-14(8-10-27)18-13-16-11-17(34-35-36(30,31)23(24,25)26)6-5-15(16)12-19(18)20(28)32-4/h5-7,11-13H,8-10H2,1-4H3. The molecular weight excluding hydrogens is 507 g/mol. The molecule has 0 fully saturated rings. The number of methoxy groups -OCH3 is 1. The molecule has 0 saturated carbocycles. The lowest BCUT2D eigenvalue weighted by Crippen LogP contribution is -2.39. The number of hydrogen-bond acceptors (Lipinski definition) is 8. The van der Waals surface area contributed by atoms with E-state index in [1.165, 1.54) is 36.3 Å². The van der Waals surface area contributed by atoms with Gasteiger partial charge in [-0.15, -0.1) is 0 Å². The Morgan fingerprint density at radius 2 is 1.72 bits per heavy atom. The van der Waals surface area contributed by atoms with E-state index < -0.39 is 33.3 Å². The lowest BCUT2D eigenvalue weighted by molar-refractivity contribution is -0.128. The van der Waals surface area contributed by atoms with Gasteiger partial charge in [-0.2, -0.15) is 21.6 Å². The van der Waals surface area contributed by atoms with Gasteiger partial charge >= 0.3 is 27.7 Å². The first-order valence-electron chi connectivity index (χ1n) is 10.6. The molecule has 2 aromatic carbocycles. The maximum absolute atomic E-state index is 12.5. The van der Waals surface area contributed by atoms with Crippen LogP contribution in [0.5, 0.6) is 5.75 Å². The predicted molar refractivity (Wildman–Crippen MR) is 122 cm³/mol. The molecule has 0 N–H and O–H groups in total. The predicted octanol–water partition coefficient (Wildman–Crippen LogP) is 4.81. The van der Waals surface area contributed by atoms with Gasteiger partial charge < -0.3 is 19.3 Å². The Hall–Kier alpha value is -3.32. The minimum atomic E-state index is -5.95. The molecule has 1 aliphatic heterocycles. The maximum atomic E-state index is 12.5. The van der Waals surface area contributed by atoms with Gasteiger partial charge in [-0.1, -0.05) is 12.1 Å². The van der Waals surface area contributed by atoms with Crippen molar-refractivity contribution in [1.82, 2.24) is 4.90 Å². The first kappa shape index (κ1) is 27.3. The number of nitrogens with zero attached hydrogens (tertiary/aromatic N) is 1. The quantitative estimate of drug-likeness (QED) is 0.234. The van der Waals surface area contributed by atoms with Crippen molar-refractivity contribution >= 4 is 38.5 Å². The van der Waals surface area contributed by atoms with Gasteiger partial charge in [0.25, 0.3) is 0 Å². The van der Waals surface area contributed by atoms with Gasteiger partial charge in [-0.3, -0.25) is 0 Å². The number of carbonyl (C=O) groups is 2. The zero-order valence-electron chi connectivity index (χ0n) is 19.8. The summed E-state index contributed by atoms with van der Waals surface area (Å²) >= 11 is 0. The molecule has 0 bridgehead atoms. The van der Waals surface area contributed by atoms with Gasteiger partial charge in [0.15, 0.2) is 5.75 Å². The third-order valence-electron chi connectivity index (χ3n) is 5.06. The molecule has 0 aliphatic carbocycles. The normalized spacial score (nSPS) is 14.9. The van der Waals surface area contributed by atoms with Crippen LogP contribution in [0.25, 0.3) is 16.3 Å². The Morgan fingerprint density at radius 1 is 1.03 bits per heavy atom. The van der Waals surface area contributed by atoms with E-state index in [2.05, 4.69) is 9.22 Å². The van der Waals surface area contributed by atoms with Crippen LogP contribution in [-0.2, 0) is 23.9 Å². The summed E-state index contributed by atoms with van der Waals surface area (Å²) in [4.78, 5) is 30.7. The summed E-state index contributed by atoms with van der Waals surface area (Å²) in [5, 5.41) is 0.940. The average molecular weight is 532 g/mol. The first-order valence-corrected chi connectivity index (χ1v) is 12.0. The maximum Gasteiger partial charge on any atom is 0.526 e. The second-order valence-electron chi connectivity index (χ2n) is 8.86. The molecule has 0 aromatic heterocycles. The third kappa shape index (κ3) is 6.26. The van der Waals surface area contributed by atoms with Crippen molar-refractivity contribution in [1.29, 1.82) is 0 Å². The second kappa shape index (κ2) is 9.97. The molecule has 3 rings (SSSR count). The number of halogens is 3. The van der Waals surface area contributed by atoms with Gasteiger partial charge in [-0.25, -0.2) is 9.59 Å². The van der Waals surface area contributed by atoms with Crippen LogP contribution in [0.15, 0.2) is 36.4 Å². The van der Waals surface area contributed by atoms with Crippen molar-refractivity contribution < 1.29 is 49.9 Å². The highest BCUT2D eigenvalue weighted by atomic mass is 32.2. The summed E-state index contributed by atoms with van der Waals surface area (Å²) in [6, 6.07) is 7.01. The monoisotopic (exact) mass is 531 g/mol. The van der Waals surface area contributed by atoms with E-state index in [4.69, 9.17) is 9.47 Å². The SMILES string of the molecule is COC(=O)c1cc2ccc(OOS(=O)(=O)C(F)(F)F)cc2cc1C1=CCN(C(=O)OC(C)(C)C)CC1. The molecular formula is C23H24F3NO8S. The Labute approximate surface area is 205 Å². The molecule has 13 heteroatoms. The molecule has 0 unspecified atom stereocenters. The fourth-order valence-electron chi connectivity index (χ4n) is 3.40. The topological polar surface area (TPSA) is 108 Å². The molecule has 9 nitrogen and oxygen atoms in total. The van der Waals surface area contributed by atoms with Crippen LogP contribution < -0.4 is 4.89 Å². The molecule has 36 heavy (non-hydrogen) atoms. The fourth-order valence-corrected chi connectivity index (χ4v) is 3.65. The van der Waals surface area contributed by atoms with E-state index in [9.17, 15) is 31.2 Å². The van der Waals surface area contributed by atoms with Crippen LogP contribution in [0.3, 0.4) is 0 Å². The minimum Gasteiger partial charge on any atom is -0.465 e. The van der Waals surface area contributed by atoms with E-state index in [1.54, 1.807) is 32.9 Å². The van der Waals surface area contributed by atoms with Gasteiger partial charge in [-0.05, 0) is 77.7 Å². The van der Waals surface area contributed by atoms with Crippen LogP contribution in [-0.4, -0.2) is 56.7 Å². The number of carbonyl (C=O) groups excluding carboxylic acids is 2. The number of rotatable bonds is 5. The van der Waals surface area contributed by atoms with E-state index in [0.717, 1.165) is 5.57 Å². The lowest BCUT2D eigenvalue weighted by Gasteiger charge is -2.30. The molecule has 1 aliphatic rings. The Bertz CT molecular complexity index is 1310. The van der Waals surface area contributed by atoms with Gasteiger partial charge in [0.2, 0.25) is 0 Å². The van der Waals surface area contributed by atoms with E-state index >= 15 is 0 Å². The van der Waals surface area contributed by atoms with E-state index in [-0.39, 0.29) is 17.9 Å². The second-order valence-corrected chi connectivity index (χ2v) is 10.4. The number of esters is 1. The highest BCUT2D eigenvalue weighted by Gasteiger charge is 2.49. The fraction of sp³-hybridized carbons (Fsp3) is 0.391. The average Bonchev–Trinajstić information content (AvgIpc) is 2.79. The molecule has 0 saturated heterocycles. The third-order valence-corrected chi connectivity index (χ3v) is 5.88. The number of amides is 1. The smallest absolute Gasteiger partial charge is 0.465 e. The highest BCUT2D eigenvalue weighted by molar-refractivity contribution is 7.87. The molecule has 2 aromatic rings. The number of fused-ring (bicyclic) bond motifs is 1. The van der Waals surface area contributed by atoms with E-state index in [0.29, 0.717) is 29.3 Å². The Balaban J connectivity index is 1.93. The van der Waals surface area contributed by atoms with Gasteiger partial charge in [0.1, 0.15) is 5.60 Å². The summed E-state index contributed by atoms with van der Waals surface area (Å²) in [5.41, 5.74) is -4.84. The Kier molecular flexibility index (Phi) is 7.55. The van der Waals surface area contributed by atoms with Crippen molar-refractivity contribution in [3.05, 3.63) is 47.5 Å². The van der Waals surface area contributed by atoms with Crippen molar-refractivity contribution in [3.8, 4) is 5.75 Å². The van der Waals surface area contributed by atoms with E-state index in [1.807, 2.05) is 0 Å². The molecule has 0 radical (unpaired) electrons. The molecule has 0 atom stereocenters. The molecule has 1 heterocycles. The molecule has 196 valence electrons. The highest BCUT2D eigenvalue weighted by Crippen LogP contribution is 2.33.